The van der Waals surface area contributed by atoms with Gasteiger partial charge in [0, 0.05) is 37.8 Å². The Morgan fingerprint density at radius 2 is 2.22 bits per heavy atom. The van der Waals surface area contributed by atoms with Gasteiger partial charge in [-0.3, -0.25) is 4.99 Å². The highest BCUT2D eigenvalue weighted by atomic mass is 32.1. The van der Waals surface area contributed by atoms with Crippen LogP contribution in [0.3, 0.4) is 0 Å². The van der Waals surface area contributed by atoms with Crippen LogP contribution in [0.15, 0.2) is 11.2 Å². The van der Waals surface area contributed by atoms with Gasteiger partial charge in [-0.15, -0.1) is 11.3 Å². The zero-order chi connectivity index (χ0) is 16.7. The third kappa shape index (κ3) is 5.18. The van der Waals surface area contributed by atoms with Crippen molar-refractivity contribution in [2.24, 2.45) is 10.9 Å². The number of guanidine groups is 1. The van der Waals surface area contributed by atoms with Gasteiger partial charge >= 0.3 is 0 Å². The van der Waals surface area contributed by atoms with Crippen molar-refractivity contribution in [3.63, 3.8) is 0 Å². The fourth-order valence-corrected chi connectivity index (χ4v) is 3.90. The molecule has 2 heterocycles. The summed E-state index contributed by atoms with van der Waals surface area (Å²) in [5.74, 6) is 1.76. The summed E-state index contributed by atoms with van der Waals surface area (Å²) in [5.41, 5.74) is 0. The molecule has 0 saturated carbocycles. The van der Waals surface area contributed by atoms with Crippen LogP contribution in [-0.2, 0) is 13.0 Å². The lowest BCUT2D eigenvalue weighted by Gasteiger charge is -2.24. The maximum Gasteiger partial charge on any atom is 0.194 e. The lowest BCUT2D eigenvalue weighted by atomic mass is 10.1. The van der Waals surface area contributed by atoms with E-state index in [4.69, 9.17) is 0 Å². The molecule has 0 radical (unpaired) electrons. The van der Waals surface area contributed by atoms with E-state index < -0.39 is 0 Å². The number of thiazole rings is 1. The number of nitrogens with zero attached hydrogens (tertiary/aromatic N) is 4. The van der Waals surface area contributed by atoms with E-state index in [2.05, 4.69) is 45.9 Å². The van der Waals surface area contributed by atoms with Gasteiger partial charge in [-0.05, 0) is 31.8 Å². The van der Waals surface area contributed by atoms with Crippen LogP contribution in [0.4, 0.5) is 0 Å². The summed E-state index contributed by atoms with van der Waals surface area (Å²) in [6.45, 7) is 13.1. The smallest absolute Gasteiger partial charge is 0.194 e. The number of hydrogen-bond acceptors (Lipinski definition) is 4. The fourth-order valence-electron chi connectivity index (χ4n) is 3.10. The molecule has 6 heteroatoms. The molecule has 1 fully saturated rings. The van der Waals surface area contributed by atoms with Crippen LogP contribution >= 0.6 is 11.3 Å². The molecule has 1 aromatic rings. The second kappa shape index (κ2) is 9.23. The number of aryl methyl sites for hydroxylation is 1. The molecule has 1 aliphatic rings. The van der Waals surface area contributed by atoms with Gasteiger partial charge in [0.05, 0.1) is 6.54 Å². The molecule has 1 N–H and O–H groups in total. The van der Waals surface area contributed by atoms with Crippen molar-refractivity contribution in [3.05, 3.63) is 16.1 Å². The summed E-state index contributed by atoms with van der Waals surface area (Å²) in [6.07, 6.45) is 4.31. The molecule has 0 spiro atoms. The Bertz CT molecular complexity index is 495. The Morgan fingerprint density at radius 1 is 1.43 bits per heavy atom. The average molecular weight is 338 g/mol. The van der Waals surface area contributed by atoms with Crippen LogP contribution in [0.2, 0.25) is 0 Å². The molecule has 0 amide bonds. The normalized spacial score (nSPS) is 18.9. The maximum atomic E-state index is 4.47. The van der Waals surface area contributed by atoms with Crippen LogP contribution in [-0.4, -0.2) is 60.5 Å². The molecule has 23 heavy (non-hydrogen) atoms. The van der Waals surface area contributed by atoms with Crippen molar-refractivity contribution in [2.45, 2.75) is 40.2 Å². The van der Waals surface area contributed by atoms with E-state index in [0.717, 1.165) is 56.0 Å². The van der Waals surface area contributed by atoms with Crippen LogP contribution in [0.1, 0.15) is 37.1 Å². The topological polar surface area (TPSA) is 43.8 Å². The van der Waals surface area contributed by atoms with Crippen molar-refractivity contribution in [1.29, 1.82) is 0 Å². The largest absolute Gasteiger partial charge is 0.350 e. The quantitative estimate of drug-likeness (QED) is 0.613. The first-order valence-corrected chi connectivity index (χ1v) is 9.63. The van der Waals surface area contributed by atoms with Crippen molar-refractivity contribution >= 4 is 17.3 Å². The SMILES string of the molecule is CCc1cnc(CNC(=NC)N2CCC(CN(CC)CC)C2)s1. The monoisotopic (exact) mass is 337 g/mol. The molecule has 0 aromatic carbocycles. The highest BCUT2D eigenvalue weighted by molar-refractivity contribution is 7.11. The van der Waals surface area contributed by atoms with Gasteiger partial charge < -0.3 is 15.1 Å². The van der Waals surface area contributed by atoms with Gasteiger partial charge in [-0.25, -0.2) is 4.98 Å². The minimum absolute atomic E-state index is 0.750. The third-order valence-corrected chi connectivity index (χ3v) is 5.70. The first-order valence-electron chi connectivity index (χ1n) is 8.81. The second-order valence-corrected chi connectivity index (χ2v) is 7.26. The molecule has 1 aromatic heterocycles. The van der Waals surface area contributed by atoms with E-state index in [9.17, 15) is 0 Å². The molecule has 130 valence electrons. The second-order valence-electron chi connectivity index (χ2n) is 6.06. The zero-order valence-corrected chi connectivity index (χ0v) is 15.8. The minimum Gasteiger partial charge on any atom is -0.350 e. The number of aliphatic imine (C=N–C) groups is 1. The fraction of sp³-hybridized carbons (Fsp3) is 0.765. The van der Waals surface area contributed by atoms with E-state index in [-0.39, 0.29) is 0 Å². The summed E-state index contributed by atoms with van der Waals surface area (Å²) in [6, 6.07) is 0. The zero-order valence-electron chi connectivity index (χ0n) is 15.0. The number of aromatic nitrogens is 1. The lowest BCUT2D eigenvalue weighted by molar-refractivity contribution is 0.255. The van der Waals surface area contributed by atoms with Crippen LogP contribution in [0.5, 0.6) is 0 Å². The molecule has 1 unspecified atom stereocenters. The Kier molecular flexibility index (Phi) is 7.30. The van der Waals surface area contributed by atoms with E-state index in [1.165, 1.54) is 17.8 Å². The number of hydrogen-bond donors (Lipinski definition) is 1. The average Bonchev–Trinajstić information content (AvgIpc) is 3.22. The number of rotatable bonds is 7. The van der Waals surface area contributed by atoms with E-state index in [1.807, 2.05) is 13.2 Å². The van der Waals surface area contributed by atoms with Gasteiger partial charge in [0.15, 0.2) is 5.96 Å². The first-order chi connectivity index (χ1) is 11.2. The summed E-state index contributed by atoms with van der Waals surface area (Å²) in [5, 5.41) is 4.62. The van der Waals surface area contributed by atoms with Crippen LogP contribution < -0.4 is 5.32 Å². The molecule has 0 bridgehead atoms. The summed E-state index contributed by atoms with van der Waals surface area (Å²) in [7, 11) is 1.87. The maximum absolute atomic E-state index is 4.47. The van der Waals surface area contributed by atoms with Gasteiger partial charge in [0.2, 0.25) is 0 Å². The minimum atomic E-state index is 0.750. The standard InChI is InChI=1S/C17H31N5S/c1-5-15-10-19-16(23-15)11-20-17(18-4)22-9-8-14(13-22)12-21(6-2)7-3/h10,14H,5-9,11-13H2,1-4H3,(H,18,20). The Hall–Kier alpha value is -1.14. The molecule has 0 aliphatic carbocycles. The van der Waals surface area contributed by atoms with Gasteiger partial charge in [0.25, 0.3) is 0 Å². The van der Waals surface area contributed by atoms with E-state index in [0.29, 0.717) is 0 Å². The molecule has 1 saturated heterocycles. The molecule has 5 nitrogen and oxygen atoms in total. The van der Waals surface area contributed by atoms with Crippen molar-refractivity contribution in [1.82, 2.24) is 20.1 Å². The van der Waals surface area contributed by atoms with Crippen molar-refractivity contribution < 1.29 is 0 Å². The van der Waals surface area contributed by atoms with Crippen molar-refractivity contribution in [2.75, 3.05) is 39.8 Å². The molecule has 1 atom stereocenters. The molecular weight excluding hydrogens is 306 g/mol. The molecule has 2 rings (SSSR count). The molecule has 1 aliphatic heterocycles. The Balaban J connectivity index is 1.82. The first kappa shape index (κ1) is 18.2. The van der Waals surface area contributed by atoms with Crippen LogP contribution in [0, 0.1) is 5.92 Å². The van der Waals surface area contributed by atoms with Gasteiger partial charge in [0.1, 0.15) is 5.01 Å². The summed E-state index contributed by atoms with van der Waals surface area (Å²) < 4.78 is 0. The van der Waals surface area contributed by atoms with Crippen molar-refractivity contribution in [3.8, 4) is 0 Å². The van der Waals surface area contributed by atoms with E-state index >= 15 is 0 Å². The van der Waals surface area contributed by atoms with Crippen LogP contribution in [0.25, 0.3) is 0 Å². The predicted molar refractivity (Wildman–Crippen MR) is 99.2 cm³/mol. The summed E-state index contributed by atoms with van der Waals surface area (Å²) in [4.78, 5) is 15.2. The van der Waals surface area contributed by atoms with E-state index in [1.54, 1.807) is 11.3 Å². The summed E-state index contributed by atoms with van der Waals surface area (Å²) >= 11 is 1.79. The third-order valence-electron chi connectivity index (χ3n) is 4.56. The van der Waals surface area contributed by atoms with Gasteiger partial charge in [-0.1, -0.05) is 20.8 Å². The highest BCUT2D eigenvalue weighted by Crippen LogP contribution is 2.18. The Morgan fingerprint density at radius 3 is 2.83 bits per heavy atom. The molecular formula is C17H31N5S. The number of likely N-dealkylation sites (tertiary alicyclic amines) is 1. The predicted octanol–water partition coefficient (Wildman–Crippen LogP) is 2.44. The highest BCUT2D eigenvalue weighted by Gasteiger charge is 2.25. The number of nitrogens with one attached hydrogen (secondary N) is 1. The lowest BCUT2D eigenvalue weighted by Crippen LogP contribution is -2.40. The Labute approximate surface area is 144 Å². The van der Waals surface area contributed by atoms with Gasteiger partial charge in [-0.2, -0.15) is 0 Å².